The van der Waals surface area contributed by atoms with Crippen LogP contribution < -0.4 is 4.74 Å². The number of aliphatic carboxylic acids is 1. The third kappa shape index (κ3) is 6.06. The fourth-order valence-corrected chi connectivity index (χ4v) is 2.90. The SMILES string of the molecule is O=C(O)CCCCCC[C@H]1COC[C@@H]1COc1ccccc1. The first-order valence-electron chi connectivity index (χ1n) is 8.23. The molecule has 0 saturated carbocycles. The van der Waals surface area contributed by atoms with Gasteiger partial charge in [0.15, 0.2) is 0 Å². The molecule has 1 aliphatic rings. The minimum Gasteiger partial charge on any atom is -0.493 e. The molecule has 0 radical (unpaired) electrons. The lowest BCUT2D eigenvalue weighted by atomic mass is 9.91. The Balaban J connectivity index is 1.60. The van der Waals surface area contributed by atoms with Gasteiger partial charge in [0, 0.05) is 18.9 Å². The van der Waals surface area contributed by atoms with Crippen LogP contribution in [0.4, 0.5) is 0 Å². The molecular weight excluding hydrogens is 280 g/mol. The largest absolute Gasteiger partial charge is 0.493 e. The van der Waals surface area contributed by atoms with Crippen molar-refractivity contribution in [1.29, 1.82) is 0 Å². The summed E-state index contributed by atoms with van der Waals surface area (Å²) in [5.74, 6) is 1.27. The molecule has 1 aromatic carbocycles. The van der Waals surface area contributed by atoms with Crippen LogP contribution in [0.1, 0.15) is 38.5 Å². The molecule has 0 unspecified atom stereocenters. The van der Waals surface area contributed by atoms with Gasteiger partial charge >= 0.3 is 5.97 Å². The van der Waals surface area contributed by atoms with Crippen LogP contribution in [0.15, 0.2) is 30.3 Å². The van der Waals surface area contributed by atoms with Crippen LogP contribution in [0.5, 0.6) is 5.75 Å². The number of carbonyl (C=O) groups is 1. The molecule has 1 N–H and O–H groups in total. The first-order chi connectivity index (χ1) is 10.8. The highest BCUT2D eigenvalue weighted by atomic mass is 16.5. The zero-order chi connectivity index (χ0) is 15.6. The molecular formula is C18H26O4. The molecule has 0 aliphatic carbocycles. The molecule has 1 heterocycles. The van der Waals surface area contributed by atoms with Crippen LogP contribution >= 0.6 is 0 Å². The number of hydrogen-bond acceptors (Lipinski definition) is 3. The highest BCUT2D eigenvalue weighted by Gasteiger charge is 2.28. The maximum absolute atomic E-state index is 10.4. The number of benzene rings is 1. The van der Waals surface area contributed by atoms with Crippen molar-refractivity contribution in [2.24, 2.45) is 11.8 Å². The number of para-hydroxylation sites is 1. The van der Waals surface area contributed by atoms with Crippen molar-refractivity contribution in [2.45, 2.75) is 38.5 Å². The molecule has 0 amide bonds. The zero-order valence-corrected chi connectivity index (χ0v) is 13.1. The Kier molecular flexibility index (Phi) is 7.23. The Morgan fingerprint density at radius 3 is 2.59 bits per heavy atom. The summed E-state index contributed by atoms with van der Waals surface area (Å²) < 4.78 is 11.5. The van der Waals surface area contributed by atoms with Crippen molar-refractivity contribution in [3.63, 3.8) is 0 Å². The van der Waals surface area contributed by atoms with E-state index in [-0.39, 0.29) is 0 Å². The Labute approximate surface area is 132 Å². The van der Waals surface area contributed by atoms with Crippen molar-refractivity contribution in [1.82, 2.24) is 0 Å². The number of hydrogen-bond donors (Lipinski definition) is 1. The van der Waals surface area contributed by atoms with Crippen LogP contribution in [-0.4, -0.2) is 30.9 Å². The number of rotatable bonds is 10. The Hall–Kier alpha value is -1.55. The normalized spacial score (nSPS) is 20.9. The van der Waals surface area contributed by atoms with Crippen molar-refractivity contribution in [3.8, 4) is 5.75 Å². The summed E-state index contributed by atoms with van der Waals surface area (Å²) >= 11 is 0. The molecule has 0 bridgehead atoms. The molecule has 0 spiro atoms. The summed E-state index contributed by atoms with van der Waals surface area (Å²) in [4.78, 5) is 10.4. The third-order valence-corrected chi connectivity index (χ3v) is 4.25. The van der Waals surface area contributed by atoms with E-state index >= 15 is 0 Å². The number of ether oxygens (including phenoxy) is 2. The van der Waals surface area contributed by atoms with E-state index in [0.29, 0.717) is 24.9 Å². The summed E-state index contributed by atoms with van der Waals surface area (Å²) in [7, 11) is 0. The molecule has 0 aromatic heterocycles. The van der Waals surface area contributed by atoms with Gasteiger partial charge in [-0.2, -0.15) is 0 Å². The molecule has 2 rings (SSSR count). The number of carboxylic acid groups (broad SMARTS) is 1. The topological polar surface area (TPSA) is 55.8 Å². The van der Waals surface area contributed by atoms with Gasteiger partial charge in [-0.3, -0.25) is 4.79 Å². The van der Waals surface area contributed by atoms with E-state index in [0.717, 1.165) is 51.1 Å². The molecule has 1 aliphatic heterocycles. The van der Waals surface area contributed by atoms with Gasteiger partial charge < -0.3 is 14.6 Å². The Bertz CT molecular complexity index is 432. The predicted octanol–water partition coefficient (Wildman–Crippen LogP) is 3.75. The summed E-state index contributed by atoms with van der Waals surface area (Å²) in [6.07, 6.45) is 5.49. The van der Waals surface area contributed by atoms with E-state index in [4.69, 9.17) is 14.6 Å². The van der Waals surface area contributed by atoms with Crippen LogP contribution in [0.25, 0.3) is 0 Å². The molecule has 1 fully saturated rings. The maximum atomic E-state index is 10.4. The van der Waals surface area contributed by atoms with E-state index < -0.39 is 5.97 Å². The van der Waals surface area contributed by atoms with Gasteiger partial charge in [-0.15, -0.1) is 0 Å². The summed E-state index contributed by atoms with van der Waals surface area (Å²) in [5, 5.41) is 8.60. The molecule has 22 heavy (non-hydrogen) atoms. The highest BCUT2D eigenvalue weighted by molar-refractivity contribution is 5.66. The van der Waals surface area contributed by atoms with Crippen LogP contribution in [0.3, 0.4) is 0 Å². The zero-order valence-electron chi connectivity index (χ0n) is 13.1. The molecule has 1 aromatic rings. The minimum absolute atomic E-state index is 0.292. The predicted molar refractivity (Wildman–Crippen MR) is 85.1 cm³/mol. The second kappa shape index (κ2) is 9.46. The van der Waals surface area contributed by atoms with E-state index in [1.54, 1.807) is 0 Å². The van der Waals surface area contributed by atoms with Gasteiger partial charge in [0.25, 0.3) is 0 Å². The van der Waals surface area contributed by atoms with Crippen LogP contribution in [0.2, 0.25) is 0 Å². The molecule has 4 nitrogen and oxygen atoms in total. The number of unbranched alkanes of at least 4 members (excludes halogenated alkanes) is 3. The standard InChI is InChI=1S/C18H26O4/c19-18(20)11-7-2-1-4-8-15-12-21-13-16(15)14-22-17-9-5-3-6-10-17/h3,5-6,9-10,15-16H,1-2,4,7-8,11-14H2,(H,19,20)/t15-,16+/m0/s1. The van der Waals surface area contributed by atoms with E-state index in [1.165, 1.54) is 0 Å². The third-order valence-electron chi connectivity index (χ3n) is 4.25. The van der Waals surface area contributed by atoms with Crippen LogP contribution in [0, 0.1) is 11.8 Å². The van der Waals surface area contributed by atoms with Gasteiger partial charge in [0.2, 0.25) is 0 Å². The Morgan fingerprint density at radius 1 is 1.09 bits per heavy atom. The van der Waals surface area contributed by atoms with Crippen molar-refractivity contribution in [2.75, 3.05) is 19.8 Å². The fraction of sp³-hybridized carbons (Fsp3) is 0.611. The van der Waals surface area contributed by atoms with E-state index in [1.807, 2.05) is 30.3 Å². The second-order valence-corrected chi connectivity index (χ2v) is 6.03. The average molecular weight is 306 g/mol. The monoisotopic (exact) mass is 306 g/mol. The fourth-order valence-electron chi connectivity index (χ4n) is 2.90. The lowest BCUT2D eigenvalue weighted by Gasteiger charge is -2.18. The van der Waals surface area contributed by atoms with Crippen molar-refractivity contribution < 1.29 is 19.4 Å². The summed E-state index contributed by atoms with van der Waals surface area (Å²) in [6.45, 7) is 2.34. The van der Waals surface area contributed by atoms with Gasteiger partial charge in [0.1, 0.15) is 5.75 Å². The molecule has 122 valence electrons. The second-order valence-electron chi connectivity index (χ2n) is 6.03. The summed E-state index contributed by atoms with van der Waals surface area (Å²) in [6, 6.07) is 9.91. The van der Waals surface area contributed by atoms with E-state index in [2.05, 4.69) is 0 Å². The highest BCUT2D eigenvalue weighted by Crippen LogP contribution is 2.27. The van der Waals surface area contributed by atoms with Gasteiger partial charge in [-0.1, -0.05) is 37.5 Å². The van der Waals surface area contributed by atoms with E-state index in [9.17, 15) is 4.79 Å². The van der Waals surface area contributed by atoms with Crippen molar-refractivity contribution in [3.05, 3.63) is 30.3 Å². The lowest BCUT2D eigenvalue weighted by molar-refractivity contribution is -0.137. The molecule has 2 atom stereocenters. The molecule has 1 saturated heterocycles. The minimum atomic E-state index is -0.692. The smallest absolute Gasteiger partial charge is 0.303 e. The average Bonchev–Trinajstić information content (AvgIpc) is 2.97. The molecule has 4 heteroatoms. The summed E-state index contributed by atoms with van der Waals surface area (Å²) in [5.41, 5.74) is 0. The van der Waals surface area contributed by atoms with Crippen molar-refractivity contribution >= 4 is 5.97 Å². The number of carboxylic acids is 1. The van der Waals surface area contributed by atoms with Gasteiger partial charge in [-0.05, 0) is 30.9 Å². The first kappa shape index (κ1) is 16.8. The van der Waals surface area contributed by atoms with Gasteiger partial charge in [-0.25, -0.2) is 0 Å². The Morgan fingerprint density at radius 2 is 1.82 bits per heavy atom. The lowest BCUT2D eigenvalue weighted by Crippen LogP contribution is -2.20. The van der Waals surface area contributed by atoms with Gasteiger partial charge in [0.05, 0.1) is 13.2 Å². The maximum Gasteiger partial charge on any atom is 0.303 e. The van der Waals surface area contributed by atoms with Crippen LogP contribution in [-0.2, 0) is 9.53 Å². The quantitative estimate of drug-likeness (QED) is 0.669. The first-order valence-corrected chi connectivity index (χ1v) is 8.23.